The first-order chi connectivity index (χ1) is 7.00. The van der Waals surface area contributed by atoms with E-state index in [1.54, 1.807) is 0 Å². The molecule has 0 saturated heterocycles. The van der Waals surface area contributed by atoms with Crippen LogP contribution in [-0.2, 0) is 0 Å². The number of rotatable bonds is 4. The van der Waals surface area contributed by atoms with Crippen molar-refractivity contribution in [3.05, 3.63) is 28.8 Å². The van der Waals surface area contributed by atoms with Crippen LogP contribution in [0.2, 0.25) is 5.02 Å². The van der Waals surface area contributed by atoms with E-state index in [4.69, 9.17) is 16.7 Å². The highest BCUT2D eigenvalue weighted by Gasteiger charge is 2.11. The Morgan fingerprint density at radius 2 is 2.20 bits per heavy atom. The second-order valence-electron chi connectivity index (χ2n) is 2.77. The van der Waals surface area contributed by atoms with Crippen LogP contribution >= 0.6 is 11.6 Å². The average molecular weight is 236 g/mol. The highest BCUT2D eigenvalue weighted by atomic mass is 35.5. The van der Waals surface area contributed by atoms with E-state index < -0.39 is 18.9 Å². The molecule has 0 unspecified atom stereocenters. The first-order valence-electron chi connectivity index (χ1n) is 4.05. The van der Waals surface area contributed by atoms with Crippen LogP contribution in [0.5, 0.6) is 0 Å². The molecule has 0 bridgehead atoms. The number of carboxylic acid groups (broad SMARTS) is 1. The van der Waals surface area contributed by atoms with Crippen molar-refractivity contribution in [1.82, 2.24) is 0 Å². The summed E-state index contributed by atoms with van der Waals surface area (Å²) in [7, 11) is 0. The van der Waals surface area contributed by atoms with Crippen LogP contribution in [0.15, 0.2) is 18.2 Å². The minimum atomic E-state index is -2.55. The van der Waals surface area contributed by atoms with Crippen molar-refractivity contribution >= 4 is 23.3 Å². The van der Waals surface area contributed by atoms with Crippen molar-refractivity contribution in [2.45, 2.75) is 6.43 Å². The van der Waals surface area contributed by atoms with Gasteiger partial charge in [0.05, 0.1) is 17.8 Å². The minimum Gasteiger partial charge on any atom is -0.478 e. The van der Waals surface area contributed by atoms with Crippen LogP contribution in [0.1, 0.15) is 10.4 Å². The fourth-order valence-corrected chi connectivity index (χ4v) is 1.21. The van der Waals surface area contributed by atoms with Gasteiger partial charge >= 0.3 is 5.97 Å². The number of anilines is 1. The van der Waals surface area contributed by atoms with Crippen LogP contribution in [0.3, 0.4) is 0 Å². The molecule has 0 aromatic heterocycles. The summed E-state index contributed by atoms with van der Waals surface area (Å²) < 4.78 is 23.8. The van der Waals surface area contributed by atoms with E-state index in [0.717, 1.165) is 0 Å². The lowest BCUT2D eigenvalue weighted by Gasteiger charge is -2.09. The zero-order valence-electron chi connectivity index (χ0n) is 7.51. The molecule has 82 valence electrons. The summed E-state index contributed by atoms with van der Waals surface area (Å²) in [6.07, 6.45) is -2.55. The zero-order valence-corrected chi connectivity index (χ0v) is 8.26. The molecule has 0 fully saturated rings. The van der Waals surface area contributed by atoms with E-state index in [1.807, 2.05) is 0 Å². The van der Waals surface area contributed by atoms with Crippen LogP contribution < -0.4 is 5.32 Å². The molecule has 3 nitrogen and oxygen atoms in total. The lowest BCUT2D eigenvalue weighted by molar-refractivity contribution is 0.0697. The van der Waals surface area contributed by atoms with Crippen LogP contribution in [0.4, 0.5) is 14.5 Å². The van der Waals surface area contributed by atoms with Crippen molar-refractivity contribution in [2.75, 3.05) is 11.9 Å². The highest BCUT2D eigenvalue weighted by molar-refractivity contribution is 6.31. The number of halogens is 3. The molecule has 0 heterocycles. The van der Waals surface area contributed by atoms with Crippen molar-refractivity contribution in [3.63, 3.8) is 0 Å². The average Bonchev–Trinajstić information content (AvgIpc) is 2.14. The second kappa shape index (κ2) is 4.93. The summed E-state index contributed by atoms with van der Waals surface area (Å²) in [6.45, 7) is -0.610. The standard InChI is InChI=1S/C9H8ClF2NO2/c10-5-1-2-6(9(14)15)7(3-5)13-4-8(11)12/h1-3,8,13H,4H2,(H,14,15). The Morgan fingerprint density at radius 1 is 1.53 bits per heavy atom. The van der Waals surface area contributed by atoms with Crippen molar-refractivity contribution in [1.29, 1.82) is 0 Å². The lowest BCUT2D eigenvalue weighted by Crippen LogP contribution is -2.13. The van der Waals surface area contributed by atoms with Crippen molar-refractivity contribution < 1.29 is 18.7 Å². The van der Waals surface area contributed by atoms with Gasteiger partial charge in [-0.15, -0.1) is 0 Å². The third-order valence-corrected chi connectivity index (χ3v) is 1.89. The number of alkyl halides is 2. The van der Waals surface area contributed by atoms with Gasteiger partial charge < -0.3 is 10.4 Å². The number of hydrogen-bond donors (Lipinski definition) is 2. The zero-order chi connectivity index (χ0) is 11.4. The summed E-state index contributed by atoms with van der Waals surface area (Å²) in [5.41, 5.74) is 0.00958. The maximum absolute atomic E-state index is 11.9. The molecule has 6 heteroatoms. The smallest absolute Gasteiger partial charge is 0.337 e. The monoisotopic (exact) mass is 235 g/mol. The number of carbonyl (C=O) groups is 1. The van der Waals surface area contributed by atoms with Gasteiger partial charge in [-0.1, -0.05) is 11.6 Å². The summed E-state index contributed by atoms with van der Waals surface area (Å²) in [5.74, 6) is -1.19. The van der Waals surface area contributed by atoms with Gasteiger partial charge in [-0.05, 0) is 18.2 Å². The topological polar surface area (TPSA) is 49.3 Å². The fourth-order valence-electron chi connectivity index (χ4n) is 1.04. The van der Waals surface area contributed by atoms with Crippen molar-refractivity contribution in [2.24, 2.45) is 0 Å². The van der Waals surface area contributed by atoms with Gasteiger partial charge in [0.15, 0.2) is 0 Å². The van der Waals surface area contributed by atoms with Gasteiger partial charge in [0.1, 0.15) is 0 Å². The molecule has 0 saturated carbocycles. The first-order valence-corrected chi connectivity index (χ1v) is 4.43. The second-order valence-corrected chi connectivity index (χ2v) is 3.20. The molecule has 0 atom stereocenters. The molecule has 0 radical (unpaired) electrons. The predicted molar refractivity (Wildman–Crippen MR) is 52.9 cm³/mol. The quantitative estimate of drug-likeness (QED) is 0.844. The third kappa shape index (κ3) is 3.36. The molecule has 0 aliphatic carbocycles. The molecule has 1 aromatic carbocycles. The van der Waals surface area contributed by atoms with E-state index >= 15 is 0 Å². The first kappa shape index (κ1) is 11.7. The Bertz CT molecular complexity index is 371. The van der Waals surface area contributed by atoms with Gasteiger partial charge in [0, 0.05) is 5.02 Å². The van der Waals surface area contributed by atoms with Gasteiger partial charge in [-0.25, -0.2) is 13.6 Å². The predicted octanol–water partition coefficient (Wildman–Crippen LogP) is 2.72. The highest BCUT2D eigenvalue weighted by Crippen LogP contribution is 2.21. The molecule has 1 aromatic rings. The molecular formula is C9H8ClF2NO2. The minimum absolute atomic E-state index is 0.0833. The molecule has 15 heavy (non-hydrogen) atoms. The number of nitrogens with one attached hydrogen (secondary N) is 1. The fraction of sp³-hybridized carbons (Fsp3) is 0.222. The summed E-state index contributed by atoms with van der Waals surface area (Å²) in [6, 6.07) is 3.95. The maximum Gasteiger partial charge on any atom is 0.337 e. The SMILES string of the molecule is O=C(O)c1ccc(Cl)cc1NCC(F)F. The molecular weight excluding hydrogens is 228 g/mol. The Labute approximate surface area is 89.7 Å². The van der Waals surface area contributed by atoms with E-state index in [1.165, 1.54) is 18.2 Å². The van der Waals surface area contributed by atoms with E-state index in [9.17, 15) is 13.6 Å². The summed E-state index contributed by atoms with van der Waals surface area (Å²) >= 11 is 5.62. The van der Waals surface area contributed by atoms with Crippen molar-refractivity contribution in [3.8, 4) is 0 Å². The molecule has 0 amide bonds. The van der Waals surface area contributed by atoms with Crippen LogP contribution in [-0.4, -0.2) is 24.0 Å². The Morgan fingerprint density at radius 3 is 2.73 bits per heavy atom. The normalized spacial score (nSPS) is 10.4. The Balaban J connectivity index is 2.92. The molecule has 0 aliphatic heterocycles. The largest absolute Gasteiger partial charge is 0.478 e. The van der Waals surface area contributed by atoms with Crippen LogP contribution in [0.25, 0.3) is 0 Å². The van der Waals surface area contributed by atoms with Gasteiger partial charge in [0.25, 0.3) is 6.43 Å². The number of carboxylic acids is 1. The van der Waals surface area contributed by atoms with E-state index in [2.05, 4.69) is 5.32 Å². The Hall–Kier alpha value is -1.36. The van der Waals surface area contributed by atoms with Gasteiger partial charge in [0.2, 0.25) is 0 Å². The number of aromatic carboxylic acids is 1. The lowest BCUT2D eigenvalue weighted by atomic mass is 10.2. The van der Waals surface area contributed by atoms with Gasteiger partial charge in [-0.2, -0.15) is 0 Å². The third-order valence-electron chi connectivity index (χ3n) is 1.66. The molecule has 0 aliphatic rings. The van der Waals surface area contributed by atoms with E-state index in [-0.39, 0.29) is 16.3 Å². The van der Waals surface area contributed by atoms with E-state index in [0.29, 0.717) is 0 Å². The molecule has 2 N–H and O–H groups in total. The Kier molecular flexibility index (Phi) is 3.85. The molecule has 1 rings (SSSR count). The summed E-state index contributed by atoms with van der Waals surface area (Å²) in [5, 5.41) is 11.4. The maximum atomic E-state index is 11.9. The summed E-state index contributed by atoms with van der Waals surface area (Å²) in [4.78, 5) is 10.7. The molecule has 0 spiro atoms. The number of hydrogen-bond acceptors (Lipinski definition) is 2. The number of benzene rings is 1. The van der Waals surface area contributed by atoms with Crippen LogP contribution in [0, 0.1) is 0 Å². The van der Waals surface area contributed by atoms with Gasteiger partial charge in [-0.3, -0.25) is 0 Å².